The summed E-state index contributed by atoms with van der Waals surface area (Å²) < 4.78 is 0. The van der Waals surface area contributed by atoms with Crippen molar-refractivity contribution in [3.63, 3.8) is 0 Å². The molecule has 6 aromatic rings. The third-order valence-electron chi connectivity index (χ3n) is 12.4. The van der Waals surface area contributed by atoms with Crippen LogP contribution >= 0.6 is 0 Å². The first-order valence-corrected chi connectivity index (χ1v) is 18.7. The molecule has 1 N–H and O–H groups in total. The SMILES string of the molecule is CC1=C2/C=C\C=CC(C3=CCCC=C3)(c3ccccc3)c3cc(-c4c5ccccc5c(-c5c(C)c(C)c(O)c(C)c5C)c5ccccc45)cc(c31)C2. The van der Waals surface area contributed by atoms with Crippen molar-refractivity contribution in [1.82, 2.24) is 0 Å². The van der Waals surface area contributed by atoms with Crippen molar-refractivity contribution >= 4 is 27.1 Å². The molecule has 0 fully saturated rings. The molecule has 2 bridgehead atoms. The lowest BCUT2D eigenvalue weighted by Crippen LogP contribution is -2.29. The van der Waals surface area contributed by atoms with E-state index in [0.29, 0.717) is 5.75 Å². The van der Waals surface area contributed by atoms with Crippen molar-refractivity contribution < 1.29 is 5.11 Å². The second kappa shape index (κ2) is 12.2. The van der Waals surface area contributed by atoms with E-state index in [-0.39, 0.29) is 0 Å². The third-order valence-corrected chi connectivity index (χ3v) is 12.4. The van der Waals surface area contributed by atoms with E-state index in [9.17, 15) is 5.11 Å². The van der Waals surface area contributed by atoms with Crippen molar-refractivity contribution in [2.24, 2.45) is 0 Å². The molecule has 0 radical (unpaired) electrons. The summed E-state index contributed by atoms with van der Waals surface area (Å²) in [5, 5.41) is 16.0. The second-order valence-corrected chi connectivity index (χ2v) is 15.0. The Morgan fingerprint density at radius 2 is 1.19 bits per heavy atom. The molecule has 0 saturated carbocycles. The largest absolute Gasteiger partial charge is 0.507 e. The van der Waals surface area contributed by atoms with Gasteiger partial charge in [0.2, 0.25) is 0 Å². The van der Waals surface area contributed by atoms with E-state index >= 15 is 0 Å². The lowest BCUT2D eigenvalue weighted by Gasteiger charge is -2.37. The average molecular weight is 673 g/mol. The first-order chi connectivity index (χ1) is 25.3. The first kappa shape index (κ1) is 32.3. The van der Waals surface area contributed by atoms with E-state index in [4.69, 9.17) is 0 Å². The lowest BCUT2D eigenvalue weighted by molar-refractivity contribution is 0.466. The fourth-order valence-corrected chi connectivity index (χ4v) is 9.54. The zero-order valence-corrected chi connectivity index (χ0v) is 30.8. The van der Waals surface area contributed by atoms with Gasteiger partial charge in [-0.2, -0.15) is 0 Å². The molecule has 0 heterocycles. The molecule has 0 spiro atoms. The van der Waals surface area contributed by atoms with E-state index in [1.54, 1.807) is 0 Å². The molecule has 6 aromatic carbocycles. The zero-order valence-electron chi connectivity index (χ0n) is 30.8. The van der Waals surface area contributed by atoms with Gasteiger partial charge >= 0.3 is 0 Å². The van der Waals surface area contributed by atoms with Crippen LogP contribution in [0.3, 0.4) is 0 Å². The average Bonchev–Trinajstić information content (AvgIpc) is 3.53. The smallest absolute Gasteiger partial charge is 0.121 e. The molecular weight excluding hydrogens is 629 g/mol. The van der Waals surface area contributed by atoms with Crippen molar-refractivity contribution in [3.8, 4) is 28.0 Å². The Morgan fingerprint density at radius 3 is 1.81 bits per heavy atom. The fourth-order valence-electron chi connectivity index (χ4n) is 9.54. The Bertz CT molecular complexity index is 2550. The number of aromatic hydroxyl groups is 1. The van der Waals surface area contributed by atoms with E-state index in [1.807, 2.05) is 13.8 Å². The maximum atomic E-state index is 11.1. The van der Waals surface area contributed by atoms with Crippen LogP contribution in [-0.2, 0) is 11.8 Å². The summed E-state index contributed by atoms with van der Waals surface area (Å²) >= 11 is 0. The molecule has 1 atom stereocenters. The van der Waals surface area contributed by atoms with Crippen LogP contribution in [0.5, 0.6) is 5.75 Å². The highest BCUT2D eigenvalue weighted by Gasteiger charge is 2.40. The van der Waals surface area contributed by atoms with E-state index < -0.39 is 5.41 Å². The molecule has 0 saturated heterocycles. The summed E-state index contributed by atoms with van der Waals surface area (Å²) in [6.45, 7) is 10.7. The summed E-state index contributed by atoms with van der Waals surface area (Å²) in [6, 6.07) is 34.1. The number of allylic oxidation sites excluding steroid dienone is 10. The normalized spacial score (nSPS) is 18.4. The van der Waals surface area contributed by atoms with Gasteiger partial charge in [-0.05, 0) is 165 Å². The predicted octanol–water partition coefficient (Wildman–Crippen LogP) is 13.3. The Hall–Kier alpha value is -5.66. The summed E-state index contributed by atoms with van der Waals surface area (Å²) in [5.41, 5.74) is 18.2. The molecule has 1 unspecified atom stereocenters. The molecule has 0 amide bonds. The third kappa shape index (κ3) is 4.61. The van der Waals surface area contributed by atoms with Gasteiger partial charge in [0.25, 0.3) is 0 Å². The van der Waals surface area contributed by atoms with Gasteiger partial charge in [0.1, 0.15) is 5.75 Å². The minimum Gasteiger partial charge on any atom is -0.507 e. The summed E-state index contributed by atoms with van der Waals surface area (Å²) in [6.07, 6.45) is 19.5. The molecule has 1 heteroatoms. The highest BCUT2D eigenvalue weighted by molar-refractivity contribution is 6.22. The molecular formula is C51H44O. The quantitative estimate of drug-likeness (QED) is 0.185. The van der Waals surface area contributed by atoms with Crippen LogP contribution in [0.25, 0.3) is 49.4 Å². The fraction of sp³-hybridized carbons (Fsp3) is 0.176. The number of fused-ring (bicyclic) bond motifs is 2. The number of hydrogen-bond donors (Lipinski definition) is 1. The standard InChI is InChI=1S/C51H44O/c1-31-33(3)50(52)34(4)32(2)46(31)49-43-25-14-12-23-41(43)48(42-24-13-15-26-44(42)49)38-29-37-28-36-18-16-17-27-51(39-19-8-6-9-20-39,40-21-10-7-11-22-40)45(30-38)47(37)35(36)5/h6,8-10,12-27,29-30,52H,7,11,28H2,1-5H3/b18-16-,27-17?. The Balaban J connectivity index is 1.43. The van der Waals surface area contributed by atoms with Crippen molar-refractivity contribution in [1.29, 1.82) is 0 Å². The monoisotopic (exact) mass is 672 g/mol. The minimum absolute atomic E-state index is 0.403. The van der Waals surface area contributed by atoms with E-state index in [2.05, 4.69) is 154 Å². The topological polar surface area (TPSA) is 20.2 Å². The van der Waals surface area contributed by atoms with Gasteiger partial charge < -0.3 is 5.11 Å². The minimum atomic E-state index is -0.468. The van der Waals surface area contributed by atoms with Crippen LogP contribution in [-0.4, -0.2) is 5.11 Å². The van der Waals surface area contributed by atoms with Gasteiger partial charge in [0.15, 0.2) is 0 Å². The lowest BCUT2D eigenvalue weighted by atomic mass is 9.65. The van der Waals surface area contributed by atoms with Crippen molar-refractivity contribution in [2.75, 3.05) is 0 Å². The number of phenolic OH excluding ortho intramolecular Hbond substituents is 1. The van der Waals surface area contributed by atoms with Crippen molar-refractivity contribution in [3.05, 3.63) is 189 Å². The van der Waals surface area contributed by atoms with Crippen molar-refractivity contribution in [2.45, 2.75) is 59.3 Å². The molecule has 1 nitrogen and oxygen atoms in total. The Labute approximate surface area is 307 Å². The Kier molecular flexibility index (Phi) is 7.59. The summed E-state index contributed by atoms with van der Waals surface area (Å²) in [4.78, 5) is 0. The van der Waals surface area contributed by atoms with Gasteiger partial charge in [-0.3, -0.25) is 0 Å². The second-order valence-electron chi connectivity index (χ2n) is 15.0. The van der Waals surface area contributed by atoms with E-state index in [1.165, 1.54) is 82.8 Å². The predicted molar refractivity (Wildman–Crippen MR) is 221 cm³/mol. The molecule has 3 aliphatic carbocycles. The van der Waals surface area contributed by atoms with Crippen LogP contribution in [0.15, 0.2) is 145 Å². The summed E-state index contributed by atoms with van der Waals surface area (Å²) in [7, 11) is 0. The van der Waals surface area contributed by atoms with E-state index in [0.717, 1.165) is 41.5 Å². The van der Waals surface area contributed by atoms with Gasteiger partial charge in [-0.1, -0.05) is 127 Å². The highest BCUT2D eigenvalue weighted by atomic mass is 16.3. The number of phenols is 1. The van der Waals surface area contributed by atoms with Gasteiger partial charge in [-0.15, -0.1) is 0 Å². The molecule has 9 rings (SSSR count). The molecule has 254 valence electrons. The van der Waals surface area contributed by atoms with Gasteiger partial charge in [0, 0.05) is 0 Å². The van der Waals surface area contributed by atoms with Crippen LogP contribution in [0.2, 0.25) is 0 Å². The van der Waals surface area contributed by atoms with Gasteiger partial charge in [0.05, 0.1) is 5.41 Å². The van der Waals surface area contributed by atoms with Gasteiger partial charge in [-0.25, -0.2) is 0 Å². The molecule has 3 aliphatic rings. The molecule has 0 aliphatic heterocycles. The maximum Gasteiger partial charge on any atom is 0.121 e. The first-order valence-electron chi connectivity index (χ1n) is 18.7. The van der Waals surface area contributed by atoms with Crippen LogP contribution < -0.4 is 0 Å². The molecule has 0 aromatic heterocycles. The molecule has 52 heavy (non-hydrogen) atoms. The van der Waals surface area contributed by atoms with Crippen LogP contribution in [0.4, 0.5) is 0 Å². The number of benzene rings is 6. The van der Waals surface area contributed by atoms with Crippen LogP contribution in [0.1, 0.15) is 64.3 Å². The zero-order chi connectivity index (χ0) is 35.7. The van der Waals surface area contributed by atoms with Crippen LogP contribution in [0, 0.1) is 27.7 Å². The highest BCUT2D eigenvalue weighted by Crippen LogP contribution is 2.53. The number of hydrogen-bond acceptors (Lipinski definition) is 1. The number of rotatable bonds is 4. The summed E-state index contributed by atoms with van der Waals surface area (Å²) in [5.74, 6) is 0.403. The maximum absolute atomic E-state index is 11.1. The Morgan fingerprint density at radius 1 is 0.577 bits per heavy atom.